The average Bonchev–Trinajstić information content (AvgIpc) is 3.17. The first-order chi connectivity index (χ1) is 12.2. The van der Waals surface area contributed by atoms with E-state index in [0.29, 0.717) is 27.8 Å². The summed E-state index contributed by atoms with van der Waals surface area (Å²) in [5.41, 5.74) is 3.11. The lowest BCUT2D eigenvalue weighted by Gasteiger charge is -2.10. The van der Waals surface area contributed by atoms with Gasteiger partial charge in [0.25, 0.3) is 5.91 Å². The van der Waals surface area contributed by atoms with Crippen molar-refractivity contribution in [3.8, 4) is 11.1 Å². The van der Waals surface area contributed by atoms with Gasteiger partial charge in [-0.3, -0.25) is 14.8 Å². The van der Waals surface area contributed by atoms with Crippen LogP contribution in [0, 0.1) is 5.95 Å². The van der Waals surface area contributed by atoms with E-state index in [-0.39, 0.29) is 11.7 Å². The smallest absolute Gasteiger partial charge is 0.291 e. The van der Waals surface area contributed by atoms with Crippen LogP contribution in [-0.2, 0) is 0 Å². The zero-order chi connectivity index (χ0) is 17.2. The van der Waals surface area contributed by atoms with Gasteiger partial charge < -0.3 is 9.73 Å². The first-order valence-electron chi connectivity index (χ1n) is 7.42. The molecular weight excluding hydrogens is 323 g/mol. The summed E-state index contributed by atoms with van der Waals surface area (Å²) in [6, 6.07) is 9.53. The van der Waals surface area contributed by atoms with Gasteiger partial charge in [0.1, 0.15) is 0 Å². The molecule has 122 valence electrons. The van der Waals surface area contributed by atoms with Crippen LogP contribution in [0.2, 0.25) is 0 Å². The SMILES string of the molecule is O=C(Nc1cc(-c2ccc(F)nc2)c2nccnc2c1)c1ccco1. The number of carbonyl (C=O) groups is 1. The molecule has 25 heavy (non-hydrogen) atoms. The molecule has 1 aromatic carbocycles. The quantitative estimate of drug-likeness (QED) is 0.578. The maximum atomic E-state index is 13.1. The molecule has 0 fully saturated rings. The van der Waals surface area contributed by atoms with E-state index in [4.69, 9.17) is 4.42 Å². The van der Waals surface area contributed by atoms with E-state index in [1.807, 2.05) is 0 Å². The Balaban J connectivity index is 1.81. The molecule has 0 spiro atoms. The molecule has 3 aromatic heterocycles. The third-order valence-corrected chi connectivity index (χ3v) is 3.61. The molecule has 7 heteroatoms. The number of amides is 1. The fourth-order valence-corrected chi connectivity index (χ4v) is 2.50. The van der Waals surface area contributed by atoms with Gasteiger partial charge in [-0.1, -0.05) is 0 Å². The zero-order valence-corrected chi connectivity index (χ0v) is 12.8. The highest BCUT2D eigenvalue weighted by Crippen LogP contribution is 2.29. The molecule has 0 radical (unpaired) electrons. The van der Waals surface area contributed by atoms with Crippen LogP contribution < -0.4 is 5.32 Å². The Morgan fingerprint density at radius 3 is 2.72 bits per heavy atom. The monoisotopic (exact) mass is 334 g/mol. The van der Waals surface area contributed by atoms with Crippen molar-refractivity contribution in [2.45, 2.75) is 0 Å². The van der Waals surface area contributed by atoms with E-state index in [0.717, 1.165) is 0 Å². The van der Waals surface area contributed by atoms with Gasteiger partial charge in [0.05, 0.1) is 17.3 Å². The number of hydrogen-bond acceptors (Lipinski definition) is 5. The lowest BCUT2D eigenvalue weighted by Crippen LogP contribution is -2.11. The predicted octanol–water partition coefficient (Wildman–Crippen LogP) is 3.68. The van der Waals surface area contributed by atoms with Crippen molar-refractivity contribution < 1.29 is 13.6 Å². The van der Waals surface area contributed by atoms with Gasteiger partial charge in [-0.15, -0.1) is 0 Å². The molecule has 0 saturated heterocycles. The standard InChI is InChI=1S/C18H11FN4O2/c19-16-4-3-11(10-22-16)13-8-12(9-14-17(13)21-6-5-20-14)23-18(24)15-2-1-7-25-15/h1-10H,(H,23,24). The number of hydrogen-bond donors (Lipinski definition) is 1. The van der Waals surface area contributed by atoms with Gasteiger partial charge >= 0.3 is 0 Å². The molecule has 0 aliphatic carbocycles. The number of nitrogens with one attached hydrogen (secondary N) is 1. The number of rotatable bonds is 3. The average molecular weight is 334 g/mol. The molecule has 0 aliphatic heterocycles. The van der Waals surface area contributed by atoms with Crippen molar-refractivity contribution in [2.24, 2.45) is 0 Å². The summed E-state index contributed by atoms with van der Waals surface area (Å²) in [4.78, 5) is 24.5. The molecule has 0 saturated carbocycles. The van der Waals surface area contributed by atoms with Gasteiger partial charge in [0.2, 0.25) is 5.95 Å². The summed E-state index contributed by atoms with van der Waals surface area (Å²) < 4.78 is 18.2. The Bertz CT molecular complexity index is 1050. The number of fused-ring (bicyclic) bond motifs is 1. The molecule has 1 N–H and O–H groups in total. The highest BCUT2D eigenvalue weighted by Gasteiger charge is 2.13. The molecule has 1 amide bonds. The van der Waals surface area contributed by atoms with Crippen LogP contribution in [0.5, 0.6) is 0 Å². The summed E-state index contributed by atoms with van der Waals surface area (Å²) in [5.74, 6) is -0.748. The fourth-order valence-electron chi connectivity index (χ4n) is 2.50. The minimum atomic E-state index is -0.568. The minimum absolute atomic E-state index is 0.198. The predicted molar refractivity (Wildman–Crippen MR) is 89.4 cm³/mol. The van der Waals surface area contributed by atoms with Crippen molar-refractivity contribution >= 4 is 22.6 Å². The summed E-state index contributed by atoms with van der Waals surface area (Å²) in [6.07, 6.45) is 5.98. The molecule has 6 nitrogen and oxygen atoms in total. The summed E-state index contributed by atoms with van der Waals surface area (Å²) in [5, 5.41) is 2.76. The second-order valence-corrected chi connectivity index (χ2v) is 5.25. The number of benzene rings is 1. The Labute approximate surface area is 141 Å². The van der Waals surface area contributed by atoms with Gasteiger partial charge in [-0.2, -0.15) is 4.39 Å². The Morgan fingerprint density at radius 1 is 1.08 bits per heavy atom. The van der Waals surface area contributed by atoms with Gasteiger partial charge in [0.15, 0.2) is 5.76 Å². The molecule has 0 aliphatic rings. The third kappa shape index (κ3) is 2.94. The summed E-state index contributed by atoms with van der Waals surface area (Å²) in [7, 11) is 0. The van der Waals surface area contributed by atoms with Crippen molar-refractivity contribution in [3.63, 3.8) is 0 Å². The largest absolute Gasteiger partial charge is 0.459 e. The number of nitrogens with zero attached hydrogens (tertiary/aromatic N) is 3. The first-order valence-corrected chi connectivity index (χ1v) is 7.42. The van der Waals surface area contributed by atoms with E-state index < -0.39 is 5.95 Å². The maximum absolute atomic E-state index is 13.1. The Kier molecular flexibility index (Phi) is 3.66. The fraction of sp³-hybridized carbons (Fsp3) is 0. The van der Waals surface area contributed by atoms with E-state index in [2.05, 4.69) is 20.3 Å². The second kappa shape index (κ2) is 6.12. The first kappa shape index (κ1) is 14.9. The van der Waals surface area contributed by atoms with E-state index in [1.165, 1.54) is 18.5 Å². The lowest BCUT2D eigenvalue weighted by molar-refractivity contribution is 0.0996. The van der Waals surface area contributed by atoms with Crippen LogP contribution in [0.1, 0.15) is 10.6 Å². The van der Waals surface area contributed by atoms with E-state index in [1.54, 1.807) is 42.7 Å². The number of pyridine rings is 1. The van der Waals surface area contributed by atoms with Gasteiger partial charge in [-0.25, -0.2) is 4.98 Å². The van der Waals surface area contributed by atoms with Crippen LogP contribution in [0.25, 0.3) is 22.2 Å². The minimum Gasteiger partial charge on any atom is -0.459 e. The molecule has 0 unspecified atom stereocenters. The van der Waals surface area contributed by atoms with Crippen molar-refractivity contribution in [1.82, 2.24) is 15.0 Å². The second-order valence-electron chi connectivity index (χ2n) is 5.25. The molecule has 0 bridgehead atoms. The Hall–Kier alpha value is -3.61. The maximum Gasteiger partial charge on any atom is 0.291 e. The number of furan rings is 1. The number of halogens is 1. The van der Waals surface area contributed by atoms with Crippen molar-refractivity contribution in [2.75, 3.05) is 5.32 Å². The van der Waals surface area contributed by atoms with Crippen LogP contribution in [0.3, 0.4) is 0 Å². The molecule has 4 rings (SSSR count). The van der Waals surface area contributed by atoms with Gasteiger partial charge in [0, 0.05) is 35.4 Å². The zero-order valence-electron chi connectivity index (χ0n) is 12.8. The molecular formula is C18H11FN4O2. The summed E-state index contributed by atoms with van der Waals surface area (Å²) >= 11 is 0. The number of carbonyl (C=O) groups excluding carboxylic acids is 1. The normalized spacial score (nSPS) is 10.8. The van der Waals surface area contributed by atoms with Crippen molar-refractivity contribution in [1.29, 1.82) is 0 Å². The van der Waals surface area contributed by atoms with E-state index in [9.17, 15) is 9.18 Å². The van der Waals surface area contributed by atoms with Crippen molar-refractivity contribution in [3.05, 3.63) is 73.0 Å². The summed E-state index contributed by atoms with van der Waals surface area (Å²) in [6.45, 7) is 0. The van der Waals surface area contributed by atoms with Gasteiger partial charge in [-0.05, 0) is 36.4 Å². The number of anilines is 1. The van der Waals surface area contributed by atoms with E-state index >= 15 is 0 Å². The molecule has 0 atom stereocenters. The van der Waals surface area contributed by atoms with Crippen LogP contribution in [0.15, 0.2) is 65.7 Å². The molecule has 3 heterocycles. The topological polar surface area (TPSA) is 80.9 Å². The Morgan fingerprint density at radius 2 is 1.96 bits per heavy atom. The van der Waals surface area contributed by atoms with Crippen LogP contribution >= 0.6 is 0 Å². The highest BCUT2D eigenvalue weighted by molar-refractivity contribution is 6.04. The lowest BCUT2D eigenvalue weighted by atomic mass is 10.0. The van der Waals surface area contributed by atoms with Crippen LogP contribution in [-0.4, -0.2) is 20.9 Å². The van der Waals surface area contributed by atoms with Crippen LogP contribution in [0.4, 0.5) is 10.1 Å². The third-order valence-electron chi connectivity index (χ3n) is 3.61. The molecule has 4 aromatic rings. The highest BCUT2D eigenvalue weighted by atomic mass is 19.1. The number of aromatic nitrogens is 3.